The van der Waals surface area contributed by atoms with E-state index in [1.807, 2.05) is 12.2 Å². The molecule has 0 aromatic heterocycles. The van der Waals surface area contributed by atoms with Gasteiger partial charge in [0, 0.05) is 12.8 Å². The number of phosphoric ester groups is 1. The predicted octanol–water partition coefficient (Wildman–Crippen LogP) is 2.54. The lowest BCUT2D eigenvalue weighted by molar-refractivity contribution is -0.220. The molecule has 0 bridgehead atoms. The van der Waals surface area contributed by atoms with E-state index in [0.29, 0.717) is 12.8 Å². The number of hydrogen-bond donors (Lipinski definition) is 6. The van der Waals surface area contributed by atoms with Gasteiger partial charge in [-0.25, -0.2) is 4.57 Å². The van der Waals surface area contributed by atoms with Gasteiger partial charge in [0.2, 0.25) is 0 Å². The molecule has 6 N–H and O–H groups in total. The van der Waals surface area contributed by atoms with Gasteiger partial charge >= 0.3 is 19.8 Å². The van der Waals surface area contributed by atoms with Crippen molar-refractivity contribution in [3.05, 3.63) is 48.6 Å². The van der Waals surface area contributed by atoms with Crippen LogP contribution in [0, 0.1) is 0 Å². The number of rotatable bonds is 21. The third-order valence-electron chi connectivity index (χ3n) is 6.49. The van der Waals surface area contributed by atoms with Crippen LogP contribution in [0.25, 0.3) is 0 Å². The Morgan fingerprint density at radius 3 is 1.80 bits per heavy atom. The van der Waals surface area contributed by atoms with E-state index >= 15 is 0 Å². The molecule has 44 heavy (non-hydrogen) atoms. The first-order valence-corrected chi connectivity index (χ1v) is 16.4. The average molecular weight is 649 g/mol. The number of phosphoric acid groups is 1. The van der Waals surface area contributed by atoms with Crippen molar-refractivity contribution in [3.63, 3.8) is 0 Å². The lowest BCUT2D eigenvalue weighted by atomic mass is 9.85. The van der Waals surface area contributed by atoms with Crippen LogP contribution in [0.1, 0.15) is 71.6 Å². The quantitative estimate of drug-likeness (QED) is 0.0458. The maximum atomic E-state index is 12.5. The van der Waals surface area contributed by atoms with E-state index in [4.69, 9.17) is 18.5 Å². The molecule has 1 aliphatic carbocycles. The molecule has 6 atom stereocenters. The summed E-state index contributed by atoms with van der Waals surface area (Å²) in [5.41, 5.74) is 0. The zero-order chi connectivity index (χ0) is 33.0. The maximum Gasteiger partial charge on any atom is 0.472 e. The Bertz CT molecular complexity index is 979. The Morgan fingerprint density at radius 2 is 1.25 bits per heavy atom. The second-order valence-corrected chi connectivity index (χ2v) is 11.6. The van der Waals surface area contributed by atoms with Gasteiger partial charge in [0.05, 0.1) is 6.61 Å². The summed E-state index contributed by atoms with van der Waals surface area (Å²) in [6.07, 6.45) is 9.28. The highest BCUT2D eigenvalue weighted by Gasteiger charge is 2.51. The minimum absolute atomic E-state index is 0.0361. The van der Waals surface area contributed by atoms with Gasteiger partial charge in [-0.15, -0.1) is 0 Å². The molecular formula is C30H49O13P. The zero-order valence-corrected chi connectivity index (χ0v) is 26.3. The van der Waals surface area contributed by atoms with Crippen molar-refractivity contribution in [3.8, 4) is 0 Å². The number of ether oxygens (including phenoxy) is 2. The number of aliphatic hydroxyl groups is 5. The van der Waals surface area contributed by atoms with Gasteiger partial charge in [-0.2, -0.15) is 0 Å². The van der Waals surface area contributed by atoms with Crippen LogP contribution in [0.3, 0.4) is 0 Å². The molecule has 1 fully saturated rings. The van der Waals surface area contributed by atoms with Gasteiger partial charge in [0.25, 0.3) is 0 Å². The van der Waals surface area contributed by atoms with Crippen LogP contribution < -0.4 is 0 Å². The largest absolute Gasteiger partial charge is 0.472 e. The third-order valence-corrected chi connectivity index (χ3v) is 7.47. The molecule has 252 valence electrons. The maximum absolute atomic E-state index is 12.5. The van der Waals surface area contributed by atoms with E-state index < -0.39 is 75.7 Å². The lowest BCUT2D eigenvalue weighted by Crippen LogP contribution is -2.64. The number of aliphatic hydroxyl groups excluding tert-OH is 5. The van der Waals surface area contributed by atoms with Gasteiger partial charge in [-0.1, -0.05) is 62.5 Å². The molecular weight excluding hydrogens is 599 g/mol. The Kier molecular flexibility index (Phi) is 20.2. The Labute approximate surface area is 259 Å². The number of allylic oxidation sites excluding steroid dienone is 8. The molecule has 0 heterocycles. The first-order chi connectivity index (χ1) is 20.9. The predicted molar refractivity (Wildman–Crippen MR) is 161 cm³/mol. The molecule has 1 saturated carbocycles. The fourth-order valence-corrected chi connectivity index (χ4v) is 4.93. The highest BCUT2D eigenvalue weighted by molar-refractivity contribution is 7.47. The van der Waals surface area contributed by atoms with Crippen LogP contribution >= 0.6 is 7.82 Å². The van der Waals surface area contributed by atoms with Crippen LogP contribution in [-0.2, 0) is 32.7 Å². The van der Waals surface area contributed by atoms with Crippen LogP contribution in [0.2, 0.25) is 0 Å². The molecule has 13 nitrogen and oxygen atoms in total. The van der Waals surface area contributed by atoms with E-state index in [2.05, 4.69) is 43.4 Å². The molecule has 6 unspecified atom stereocenters. The monoisotopic (exact) mass is 648 g/mol. The number of carbonyl (C=O) groups excluding carboxylic acids is 2. The van der Waals surface area contributed by atoms with E-state index in [-0.39, 0.29) is 12.8 Å². The number of esters is 2. The topological polar surface area (TPSA) is 210 Å². The van der Waals surface area contributed by atoms with E-state index in [9.17, 15) is 44.6 Å². The first kappa shape index (κ1) is 39.8. The summed E-state index contributed by atoms with van der Waals surface area (Å²) in [6, 6.07) is 0. The van der Waals surface area contributed by atoms with Crippen LogP contribution in [0.15, 0.2) is 48.6 Å². The highest BCUT2D eigenvalue weighted by atomic mass is 31.2. The van der Waals surface area contributed by atoms with Crippen LogP contribution in [0.4, 0.5) is 0 Å². The van der Waals surface area contributed by atoms with E-state index in [1.165, 1.54) is 0 Å². The molecule has 0 radical (unpaired) electrons. The standard InChI is InChI=1S/C30H49O13P/c1-3-5-6-7-8-9-10-11-12-13-14-15-16-17-18-19-24(32)42-22(20-40-23(31)4-2)21-41-44(38,39)43-30-28(36)26(34)25(33)27(35)29(30)37/h5-6,8-9,11-12,14-15,22,25-30,33-37H,3-4,7,10,13,16-21H2,1-2H3,(H,38,39)/b6-5-,9-8-,12-11-,15-14-. The summed E-state index contributed by atoms with van der Waals surface area (Å²) in [5.74, 6) is -1.26. The van der Waals surface area contributed by atoms with Crippen molar-refractivity contribution in [2.45, 2.75) is 114 Å². The third kappa shape index (κ3) is 16.2. The normalized spacial score (nSPS) is 26.5. The first-order valence-electron chi connectivity index (χ1n) is 14.9. The molecule has 1 rings (SSSR count). The highest BCUT2D eigenvalue weighted by Crippen LogP contribution is 2.47. The number of carbonyl (C=O) groups is 2. The van der Waals surface area contributed by atoms with Crippen LogP contribution in [-0.4, -0.2) is 98.3 Å². The Balaban J connectivity index is 2.48. The second kappa shape index (κ2) is 22.3. The molecule has 0 amide bonds. The molecule has 14 heteroatoms. The summed E-state index contributed by atoms with van der Waals surface area (Å²) in [5, 5.41) is 49.3. The summed E-state index contributed by atoms with van der Waals surface area (Å²) in [7, 11) is -5.09. The van der Waals surface area contributed by atoms with Crippen molar-refractivity contribution in [2.75, 3.05) is 13.2 Å². The fraction of sp³-hybridized carbons (Fsp3) is 0.667. The smallest absolute Gasteiger partial charge is 0.462 e. The van der Waals surface area contributed by atoms with Gasteiger partial charge in [0.1, 0.15) is 43.2 Å². The minimum Gasteiger partial charge on any atom is -0.462 e. The van der Waals surface area contributed by atoms with Gasteiger partial charge < -0.3 is 39.9 Å². The molecule has 0 aromatic carbocycles. The van der Waals surface area contributed by atoms with E-state index in [1.54, 1.807) is 6.92 Å². The average Bonchev–Trinajstić information content (AvgIpc) is 3.00. The molecule has 0 aliphatic heterocycles. The van der Waals surface area contributed by atoms with Gasteiger partial charge in [-0.05, 0) is 44.9 Å². The lowest BCUT2D eigenvalue weighted by Gasteiger charge is -2.41. The Hall–Kier alpha value is -2.19. The Morgan fingerprint density at radius 1 is 0.727 bits per heavy atom. The second-order valence-electron chi connectivity index (χ2n) is 10.2. The van der Waals surface area contributed by atoms with Gasteiger partial charge in [-0.3, -0.25) is 18.6 Å². The van der Waals surface area contributed by atoms with Gasteiger partial charge in [0.15, 0.2) is 6.10 Å². The number of hydrogen-bond acceptors (Lipinski definition) is 12. The summed E-state index contributed by atoms with van der Waals surface area (Å²) >= 11 is 0. The van der Waals surface area contributed by atoms with Crippen molar-refractivity contribution in [2.24, 2.45) is 0 Å². The summed E-state index contributed by atoms with van der Waals surface area (Å²) in [4.78, 5) is 34.1. The van der Waals surface area contributed by atoms with Crippen LogP contribution in [0.5, 0.6) is 0 Å². The molecule has 0 spiro atoms. The van der Waals surface area contributed by atoms with Crippen molar-refractivity contribution < 1.29 is 63.1 Å². The van der Waals surface area contributed by atoms with Crippen molar-refractivity contribution in [1.29, 1.82) is 0 Å². The van der Waals surface area contributed by atoms with Crippen molar-refractivity contribution >= 4 is 19.8 Å². The molecule has 0 saturated heterocycles. The van der Waals surface area contributed by atoms with Crippen molar-refractivity contribution in [1.82, 2.24) is 0 Å². The SMILES string of the molecule is CC/C=C\C/C=C\C/C=C\C/C=C\CCCCC(=O)OC(COC(=O)CC)COP(=O)(O)OC1C(O)C(O)C(O)C(O)C1O. The minimum atomic E-state index is -5.09. The zero-order valence-electron chi connectivity index (χ0n) is 25.4. The summed E-state index contributed by atoms with van der Waals surface area (Å²) in [6.45, 7) is 2.42. The molecule has 1 aliphatic rings. The fourth-order valence-electron chi connectivity index (χ4n) is 3.96. The summed E-state index contributed by atoms with van der Waals surface area (Å²) < 4.78 is 32.3. The van der Waals surface area contributed by atoms with E-state index in [0.717, 1.165) is 32.1 Å². The molecule has 0 aromatic rings. The number of unbranched alkanes of at least 4 members (excludes halogenated alkanes) is 2.